The van der Waals surface area contributed by atoms with E-state index in [1.807, 2.05) is 0 Å². The summed E-state index contributed by atoms with van der Waals surface area (Å²) in [5.74, 6) is 1.04. The molecule has 2 aromatic carbocycles. The van der Waals surface area contributed by atoms with Crippen LogP contribution in [0.15, 0.2) is 30.3 Å². The molecule has 154 valence electrons. The lowest BCUT2D eigenvalue weighted by Crippen LogP contribution is -2.21. The Labute approximate surface area is 174 Å². The van der Waals surface area contributed by atoms with Gasteiger partial charge in [-0.2, -0.15) is 0 Å². The summed E-state index contributed by atoms with van der Waals surface area (Å²) < 4.78 is 6.85. The molecule has 2 aromatic rings. The van der Waals surface area contributed by atoms with Gasteiger partial charge in [0.1, 0.15) is 13.9 Å². The van der Waals surface area contributed by atoms with Gasteiger partial charge in [-0.05, 0) is 54.4 Å². The number of hydrogen-bond acceptors (Lipinski definition) is 1. The second-order valence-corrected chi connectivity index (χ2v) is 12.8. The van der Waals surface area contributed by atoms with E-state index in [1.165, 1.54) is 33.1 Å². The molecule has 0 aliphatic heterocycles. The van der Waals surface area contributed by atoms with Gasteiger partial charge in [0.15, 0.2) is 0 Å². The Balaban J connectivity index is 2.58. The molecular formula is C26H39OP. The molecule has 0 aliphatic carbocycles. The molecule has 0 amide bonds. The highest BCUT2D eigenvalue weighted by molar-refractivity contribution is 7.62. The van der Waals surface area contributed by atoms with Crippen molar-refractivity contribution in [3.63, 3.8) is 0 Å². The zero-order chi connectivity index (χ0) is 21.4. The van der Waals surface area contributed by atoms with Crippen LogP contribution in [-0.4, -0.2) is 5.66 Å². The third kappa shape index (κ3) is 5.18. The Kier molecular flexibility index (Phi) is 6.72. The monoisotopic (exact) mass is 398 g/mol. The molecule has 1 nitrogen and oxygen atoms in total. The standard InChI is InChI=1S/C26H39OP/c1-17(2)28(24-19(4)14-18(3)15-20(24)5)27-23-13-12-21(25(6,7)8)16-22(23)26(9,10)11/h12-17H,1-11H3. The van der Waals surface area contributed by atoms with E-state index in [4.69, 9.17) is 4.52 Å². The van der Waals surface area contributed by atoms with Gasteiger partial charge in [-0.25, -0.2) is 0 Å². The Hall–Kier alpha value is -1.33. The molecular weight excluding hydrogens is 359 g/mol. The van der Waals surface area contributed by atoms with Crippen LogP contribution in [0.2, 0.25) is 0 Å². The highest BCUT2D eigenvalue weighted by Gasteiger charge is 2.28. The second-order valence-electron chi connectivity index (χ2n) is 10.5. The summed E-state index contributed by atoms with van der Waals surface area (Å²) in [5, 5.41) is 1.40. The average molecular weight is 399 g/mol. The Morgan fingerprint density at radius 3 is 1.75 bits per heavy atom. The van der Waals surface area contributed by atoms with E-state index in [0.29, 0.717) is 5.66 Å². The Morgan fingerprint density at radius 2 is 1.32 bits per heavy atom. The lowest BCUT2D eigenvalue weighted by atomic mass is 9.80. The van der Waals surface area contributed by atoms with Crippen molar-refractivity contribution < 1.29 is 4.52 Å². The molecule has 1 unspecified atom stereocenters. The first-order valence-electron chi connectivity index (χ1n) is 10.4. The molecule has 0 aromatic heterocycles. The summed E-state index contributed by atoms with van der Waals surface area (Å²) in [7, 11) is -0.746. The normalized spacial score (nSPS) is 13.7. The number of rotatable bonds is 4. The number of benzene rings is 2. The van der Waals surface area contributed by atoms with Crippen molar-refractivity contribution in [2.24, 2.45) is 0 Å². The molecule has 2 rings (SSSR count). The van der Waals surface area contributed by atoms with Crippen molar-refractivity contribution in [1.29, 1.82) is 0 Å². The fourth-order valence-electron chi connectivity index (χ4n) is 3.70. The van der Waals surface area contributed by atoms with Gasteiger partial charge in [-0.15, -0.1) is 0 Å². The van der Waals surface area contributed by atoms with Gasteiger partial charge in [0, 0.05) is 16.5 Å². The summed E-state index contributed by atoms with van der Waals surface area (Å²) >= 11 is 0. The van der Waals surface area contributed by atoms with Gasteiger partial charge in [0.2, 0.25) is 0 Å². The Bertz CT molecular complexity index is 811. The van der Waals surface area contributed by atoms with Gasteiger partial charge < -0.3 is 4.52 Å². The zero-order valence-corrected chi connectivity index (χ0v) is 20.7. The maximum atomic E-state index is 6.85. The lowest BCUT2D eigenvalue weighted by molar-refractivity contribution is 0.527. The molecule has 0 spiro atoms. The minimum absolute atomic E-state index is 0.0337. The van der Waals surface area contributed by atoms with Crippen LogP contribution in [0.4, 0.5) is 0 Å². The quantitative estimate of drug-likeness (QED) is 0.479. The average Bonchev–Trinajstić information content (AvgIpc) is 2.51. The van der Waals surface area contributed by atoms with E-state index < -0.39 is 8.15 Å². The summed E-state index contributed by atoms with van der Waals surface area (Å²) in [6.45, 7) is 24.8. The highest BCUT2D eigenvalue weighted by Crippen LogP contribution is 2.47. The smallest absolute Gasteiger partial charge is 0.127 e. The van der Waals surface area contributed by atoms with Gasteiger partial charge in [0.05, 0.1) is 0 Å². The second kappa shape index (κ2) is 8.19. The van der Waals surface area contributed by atoms with Crippen molar-refractivity contribution in [2.75, 3.05) is 0 Å². The maximum Gasteiger partial charge on any atom is 0.127 e. The molecule has 28 heavy (non-hydrogen) atoms. The summed E-state index contributed by atoms with van der Waals surface area (Å²) in [6, 6.07) is 11.4. The van der Waals surface area contributed by atoms with Crippen LogP contribution in [0, 0.1) is 20.8 Å². The summed E-state index contributed by atoms with van der Waals surface area (Å²) in [6.07, 6.45) is 0. The molecule has 0 saturated carbocycles. The minimum Gasteiger partial charge on any atom is -0.469 e. The first kappa shape index (κ1) is 23.0. The topological polar surface area (TPSA) is 9.23 Å². The first-order valence-corrected chi connectivity index (χ1v) is 11.7. The van der Waals surface area contributed by atoms with E-state index in [0.717, 1.165) is 5.75 Å². The van der Waals surface area contributed by atoms with Crippen LogP contribution in [-0.2, 0) is 10.8 Å². The largest absolute Gasteiger partial charge is 0.469 e. The minimum atomic E-state index is -0.746. The molecule has 0 fully saturated rings. The predicted molar refractivity (Wildman–Crippen MR) is 127 cm³/mol. The maximum absolute atomic E-state index is 6.85. The van der Waals surface area contributed by atoms with E-state index >= 15 is 0 Å². The molecule has 2 heteroatoms. The van der Waals surface area contributed by atoms with E-state index in [2.05, 4.69) is 106 Å². The number of aryl methyl sites for hydroxylation is 3. The zero-order valence-electron chi connectivity index (χ0n) is 19.8. The molecule has 0 heterocycles. The van der Waals surface area contributed by atoms with E-state index in [1.54, 1.807) is 0 Å². The third-order valence-electron chi connectivity index (χ3n) is 5.18. The van der Waals surface area contributed by atoms with Gasteiger partial charge in [-0.1, -0.05) is 85.2 Å². The fraction of sp³-hybridized carbons (Fsp3) is 0.538. The molecule has 0 aliphatic rings. The number of hydrogen-bond donors (Lipinski definition) is 0. The molecule has 0 N–H and O–H groups in total. The molecule has 0 saturated heterocycles. The lowest BCUT2D eigenvalue weighted by Gasteiger charge is -2.31. The van der Waals surface area contributed by atoms with Crippen LogP contribution < -0.4 is 9.83 Å². The summed E-state index contributed by atoms with van der Waals surface area (Å²) in [5.41, 5.74) is 7.29. The first-order chi connectivity index (χ1) is 12.7. The van der Waals surface area contributed by atoms with Crippen LogP contribution in [0.3, 0.4) is 0 Å². The third-order valence-corrected chi connectivity index (χ3v) is 7.65. The van der Waals surface area contributed by atoms with Gasteiger partial charge in [0.25, 0.3) is 0 Å². The van der Waals surface area contributed by atoms with Crippen molar-refractivity contribution in [2.45, 2.75) is 92.7 Å². The van der Waals surface area contributed by atoms with Crippen LogP contribution in [0.1, 0.15) is 83.2 Å². The van der Waals surface area contributed by atoms with Gasteiger partial charge >= 0.3 is 0 Å². The highest BCUT2D eigenvalue weighted by atomic mass is 31.1. The molecule has 0 bridgehead atoms. The van der Waals surface area contributed by atoms with Crippen molar-refractivity contribution in [1.82, 2.24) is 0 Å². The van der Waals surface area contributed by atoms with Crippen LogP contribution >= 0.6 is 8.15 Å². The van der Waals surface area contributed by atoms with E-state index in [9.17, 15) is 0 Å². The summed E-state index contributed by atoms with van der Waals surface area (Å²) in [4.78, 5) is 0. The molecule has 1 atom stereocenters. The van der Waals surface area contributed by atoms with Crippen molar-refractivity contribution in [3.8, 4) is 5.75 Å². The van der Waals surface area contributed by atoms with Crippen LogP contribution in [0.5, 0.6) is 5.75 Å². The predicted octanol–water partition coefficient (Wildman–Crippen LogP) is 7.72. The van der Waals surface area contributed by atoms with Gasteiger partial charge in [-0.3, -0.25) is 0 Å². The van der Waals surface area contributed by atoms with Crippen LogP contribution in [0.25, 0.3) is 0 Å². The molecule has 0 radical (unpaired) electrons. The van der Waals surface area contributed by atoms with Crippen molar-refractivity contribution in [3.05, 3.63) is 58.1 Å². The van der Waals surface area contributed by atoms with Crippen molar-refractivity contribution >= 4 is 13.5 Å². The Morgan fingerprint density at radius 1 is 0.786 bits per heavy atom. The fourth-order valence-corrected chi connectivity index (χ4v) is 5.71. The SMILES string of the molecule is Cc1cc(C)c(P(Oc2ccc(C(C)(C)C)cc2C(C)(C)C)C(C)C)c(C)c1. The van der Waals surface area contributed by atoms with E-state index in [-0.39, 0.29) is 10.8 Å².